The molecular weight excluding hydrogens is 176 g/mol. The molecule has 0 radical (unpaired) electrons. The van der Waals surface area contributed by atoms with Gasteiger partial charge in [-0.25, -0.2) is 0 Å². The third-order valence-electron chi connectivity index (χ3n) is 3.56. The Hall–Kier alpha value is -0.370. The summed E-state index contributed by atoms with van der Waals surface area (Å²) in [6.45, 7) is 2.06. The van der Waals surface area contributed by atoms with Gasteiger partial charge in [-0.2, -0.15) is 0 Å². The molecule has 0 bridgehead atoms. The molecule has 2 aliphatic rings. The van der Waals surface area contributed by atoms with Crippen LogP contribution in [0.5, 0.6) is 0 Å². The third kappa shape index (κ3) is 2.17. The topological polar surface area (TPSA) is 26.3 Å². The van der Waals surface area contributed by atoms with Gasteiger partial charge >= 0.3 is 0 Å². The average Bonchev–Trinajstić information content (AvgIpc) is 2.65. The highest BCUT2D eigenvalue weighted by molar-refractivity contribution is 5.85. The molecule has 0 spiro atoms. The molecule has 1 aliphatic carbocycles. The fraction of sp³-hybridized carbons (Fsp3) is 0.917. The largest absolute Gasteiger partial charge is 0.367 e. The van der Waals surface area contributed by atoms with Crippen LogP contribution < -0.4 is 0 Å². The lowest BCUT2D eigenvalue weighted by atomic mass is 9.84. The molecule has 1 saturated carbocycles. The first-order valence-corrected chi connectivity index (χ1v) is 5.96. The Morgan fingerprint density at radius 2 is 1.79 bits per heavy atom. The Balaban J connectivity index is 1.87. The van der Waals surface area contributed by atoms with Gasteiger partial charge < -0.3 is 4.74 Å². The molecule has 80 valence electrons. The smallest absolute Gasteiger partial charge is 0.164 e. The molecule has 2 fully saturated rings. The van der Waals surface area contributed by atoms with Gasteiger partial charge in [0.05, 0.1) is 6.10 Å². The number of ether oxygens (including phenoxy) is 1. The second kappa shape index (κ2) is 4.43. The maximum absolute atomic E-state index is 12.0. The number of rotatable bonds is 2. The molecule has 0 amide bonds. The van der Waals surface area contributed by atoms with Crippen LogP contribution in [0.2, 0.25) is 0 Å². The van der Waals surface area contributed by atoms with Gasteiger partial charge in [0.25, 0.3) is 0 Å². The van der Waals surface area contributed by atoms with Crippen LogP contribution in [0.15, 0.2) is 0 Å². The van der Waals surface area contributed by atoms with E-state index in [2.05, 4.69) is 6.92 Å². The van der Waals surface area contributed by atoms with Gasteiger partial charge in [0.15, 0.2) is 5.78 Å². The zero-order valence-electron chi connectivity index (χ0n) is 9.00. The van der Waals surface area contributed by atoms with Crippen molar-refractivity contribution in [2.24, 2.45) is 5.92 Å². The van der Waals surface area contributed by atoms with Crippen molar-refractivity contribution >= 4 is 5.78 Å². The average molecular weight is 196 g/mol. The van der Waals surface area contributed by atoms with E-state index < -0.39 is 0 Å². The maximum atomic E-state index is 12.0. The minimum atomic E-state index is -0.0619. The van der Waals surface area contributed by atoms with Crippen molar-refractivity contribution < 1.29 is 9.53 Å². The summed E-state index contributed by atoms with van der Waals surface area (Å²) < 4.78 is 5.63. The molecule has 0 N–H and O–H groups in total. The van der Waals surface area contributed by atoms with Crippen molar-refractivity contribution in [3.8, 4) is 0 Å². The van der Waals surface area contributed by atoms with Crippen LogP contribution in [0.1, 0.15) is 51.9 Å². The van der Waals surface area contributed by atoms with Gasteiger partial charge in [0.1, 0.15) is 6.10 Å². The standard InChI is InChI=1S/C12H20O2/c1-9-7-8-11(14-9)12(13)10-5-3-2-4-6-10/h9-11H,2-8H2,1H3. The zero-order valence-corrected chi connectivity index (χ0v) is 9.00. The lowest BCUT2D eigenvalue weighted by Gasteiger charge is -2.23. The minimum Gasteiger partial charge on any atom is -0.367 e. The summed E-state index contributed by atoms with van der Waals surface area (Å²) in [7, 11) is 0. The lowest BCUT2D eigenvalue weighted by Crippen LogP contribution is -2.29. The van der Waals surface area contributed by atoms with E-state index >= 15 is 0 Å². The first-order valence-electron chi connectivity index (χ1n) is 5.96. The SMILES string of the molecule is CC1CCC(C(=O)C2CCCCC2)O1. The number of carbonyl (C=O) groups excluding carboxylic acids is 1. The molecule has 2 atom stereocenters. The number of ketones is 1. The number of hydrogen-bond donors (Lipinski definition) is 0. The van der Waals surface area contributed by atoms with Gasteiger partial charge in [0, 0.05) is 5.92 Å². The van der Waals surface area contributed by atoms with Crippen LogP contribution in [-0.4, -0.2) is 18.0 Å². The molecule has 1 saturated heterocycles. The summed E-state index contributed by atoms with van der Waals surface area (Å²) in [5.41, 5.74) is 0. The Morgan fingerprint density at radius 3 is 2.36 bits per heavy atom. The normalized spacial score (nSPS) is 34.6. The molecule has 14 heavy (non-hydrogen) atoms. The molecular formula is C12H20O2. The van der Waals surface area contributed by atoms with E-state index in [-0.39, 0.29) is 6.10 Å². The zero-order chi connectivity index (χ0) is 9.97. The van der Waals surface area contributed by atoms with Crippen molar-refractivity contribution in [2.75, 3.05) is 0 Å². The Labute approximate surface area is 86.0 Å². The summed E-state index contributed by atoms with van der Waals surface area (Å²) in [4.78, 5) is 12.0. The van der Waals surface area contributed by atoms with E-state index in [4.69, 9.17) is 4.74 Å². The van der Waals surface area contributed by atoms with Crippen molar-refractivity contribution in [2.45, 2.75) is 64.1 Å². The van der Waals surface area contributed by atoms with Crippen LogP contribution in [0.25, 0.3) is 0 Å². The predicted octanol–water partition coefficient (Wildman–Crippen LogP) is 2.70. The highest BCUT2D eigenvalue weighted by atomic mass is 16.5. The quantitative estimate of drug-likeness (QED) is 0.678. The van der Waals surface area contributed by atoms with Crippen LogP contribution in [-0.2, 0) is 9.53 Å². The van der Waals surface area contributed by atoms with Crippen molar-refractivity contribution in [1.82, 2.24) is 0 Å². The predicted molar refractivity (Wildman–Crippen MR) is 55.2 cm³/mol. The maximum Gasteiger partial charge on any atom is 0.164 e. The fourth-order valence-electron chi connectivity index (χ4n) is 2.66. The lowest BCUT2D eigenvalue weighted by molar-refractivity contribution is -0.134. The third-order valence-corrected chi connectivity index (χ3v) is 3.56. The summed E-state index contributed by atoms with van der Waals surface area (Å²) in [6.07, 6.45) is 8.24. The van der Waals surface area contributed by atoms with Crippen LogP contribution >= 0.6 is 0 Å². The first kappa shape index (κ1) is 10.2. The minimum absolute atomic E-state index is 0.0619. The van der Waals surface area contributed by atoms with E-state index in [0.717, 1.165) is 25.7 Å². The van der Waals surface area contributed by atoms with Gasteiger partial charge in [-0.05, 0) is 32.6 Å². The number of carbonyl (C=O) groups is 1. The highest BCUT2D eigenvalue weighted by Gasteiger charge is 2.33. The van der Waals surface area contributed by atoms with E-state index in [1.165, 1.54) is 19.3 Å². The van der Waals surface area contributed by atoms with Gasteiger partial charge in [-0.1, -0.05) is 19.3 Å². The summed E-state index contributed by atoms with van der Waals surface area (Å²) in [5.74, 6) is 0.716. The molecule has 1 aliphatic heterocycles. The molecule has 0 aromatic carbocycles. The monoisotopic (exact) mass is 196 g/mol. The second-order valence-corrected chi connectivity index (χ2v) is 4.75. The van der Waals surface area contributed by atoms with Gasteiger partial charge in [-0.3, -0.25) is 4.79 Å². The number of Topliss-reactive ketones (excluding diaryl/α,β-unsaturated/α-hetero) is 1. The van der Waals surface area contributed by atoms with Crippen molar-refractivity contribution in [3.63, 3.8) is 0 Å². The van der Waals surface area contributed by atoms with Gasteiger partial charge in [-0.15, -0.1) is 0 Å². The van der Waals surface area contributed by atoms with E-state index in [9.17, 15) is 4.79 Å². The van der Waals surface area contributed by atoms with E-state index in [1.807, 2.05) is 0 Å². The highest BCUT2D eigenvalue weighted by Crippen LogP contribution is 2.29. The summed E-state index contributed by atoms with van der Waals surface area (Å²) in [6, 6.07) is 0. The molecule has 2 nitrogen and oxygen atoms in total. The molecule has 2 rings (SSSR count). The van der Waals surface area contributed by atoms with Crippen LogP contribution in [0.4, 0.5) is 0 Å². The van der Waals surface area contributed by atoms with Crippen molar-refractivity contribution in [3.05, 3.63) is 0 Å². The molecule has 1 heterocycles. The fourth-order valence-corrected chi connectivity index (χ4v) is 2.66. The van der Waals surface area contributed by atoms with Crippen LogP contribution in [0.3, 0.4) is 0 Å². The van der Waals surface area contributed by atoms with E-state index in [1.54, 1.807) is 0 Å². The molecule has 0 aromatic heterocycles. The summed E-state index contributed by atoms with van der Waals surface area (Å²) in [5, 5.41) is 0. The van der Waals surface area contributed by atoms with Crippen molar-refractivity contribution in [1.29, 1.82) is 0 Å². The van der Waals surface area contributed by atoms with E-state index in [0.29, 0.717) is 17.8 Å². The molecule has 2 unspecified atom stereocenters. The van der Waals surface area contributed by atoms with Crippen LogP contribution in [0, 0.1) is 5.92 Å². The molecule has 2 heteroatoms. The van der Waals surface area contributed by atoms with Gasteiger partial charge in [0.2, 0.25) is 0 Å². The first-order chi connectivity index (χ1) is 6.77. The Kier molecular flexibility index (Phi) is 3.22. The Morgan fingerprint density at radius 1 is 1.07 bits per heavy atom. The number of hydrogen-bond acceptors (Lipinski definition) is 2. The Bertz CT molecular complexity index is 200. The second-order valence-electron chi connectivity index (χ2n) is 4.75. The molecule has 0 aromatic rings. The summed E-state index contributed by atoms with van der Waals surface area (Å²) >= 11 is 0.